The highest BCUT2D eigenvalue weighted by atomic mass is 16.5. The molecule has 2 heterocycles. The number of amides is 3. The summed E-state index contributed by atoms with van der Waals surface area (Å²) in [5.41, 5.74) is 1.88. The van der Waals surface area contributed by atoms with Gasteiger partial charge >= 0.3 is 5.97 Å². The summed E-state index contributed by atoms with van der Waals surface area (Å²) in [5, 5.41) is 6.11. The highest BCUT2D eigenvalue weighted by molar-refractivity contribution is 6.22. The van der Waals surface area contributed by atoms with Gasteiger partial charge in [0.05, 0.1) is 23.1 Å². The number of hydrogen-bond donors (Lipinski definition) is 1. The highest BCUT2D eigenvalue weighted by Gasteiger charge is 2.64. The molecule has 9 heteroatoms. The van der Waals surface area contributed by atoms with Crippen molar-refractivity contribution in [1.29, 1.82) is 0 Å². The van der Waals surface area contributed by atoms with Crippen molar-refractivity contribution in [2.45, 2.75) is 25.7 Å². The molecular formula is C28H25N3O6. The number of ether oxygens (including phenoxy) is 1. The molecule has 6 rings (SSSR count). The van der Waals surface area contributed by atoms with Gasteiger partial charge in [-0.1, -0.05) is 35.5 Å². The number of fused-ring (bicyclic) bond motifs is 5. The first-order chi connectivity index (χ1) is 17.9. The van der Waals surface area contributed by atoms with Crippen LogP contribution in [-0.2, 0) is 19.1 Å². The van der Waals surface area contributed by atoms with Gasteiger partial charge in [-0.05, 0) is 67.3 Å². The van der Waals surface area contributed by atoms with Crippen molar-refractivity contribution in [2.75, 3.05) is 16.8 Å². The lowest BCUT2D eigenvalue weighted by Gasteiger charge is -2.28. The maximum atomic E-state index is 13.5. The monoisotopic (exact) mass is 499 g/mol. The summed E-state index contributed by atoms with van der Waals surface area (Å²) in [4.78, 5) is 52.5. The number of esters is 1. The lowest BCUT2D eigenvalue weighted by atomic mass is 9.73. The average Bonchev–Trinajstić information content (AvgIpc) is 3.67. The van der Waals surface area contributed by atoms with Gasteiger partial charge < -0.3 is 14.6 Å². The van der Waals surface area contributed by atoms with Gasteiger partial charge in [0.15, 0.2) is 12.4 Å². The SMILES string of the molecule is Cc1cc(NC(=O)COC(=O)c2ccc(N3C(=O)[C@@H]4[C@@H]5C[C@@H]([C@H]4C3=O)[C@@H](c3ccccc3)C5)cc2)no1. The smallest absolute Gasteiger partial charge is 0.338 e. The van der Waals surface area contributed by atoms with Gasteiger partial charge in [-0.15, -0.1) is 0 Å². The molecule has 2 aromatic carbocycles. The number of benzene rings is 2. The Bertz CT molecular complexity index is 1380. The summed E-state index contributed by atoms with van der Waals surface area (Å²) in [7, 11) is 0. The Labute approximate surface area is 212 Å². The van der Waals surface area contributed by atoms with E-state index in [1.165, 1.54) is 22.6 Å². The third-order valence-corrected chi connectivity index (χ3v) is 7.83. The van der Waals surface area contributed by atoms with Crippen LogP contribution >= 0.6 is 0 Å². The molecule has 188 valence electrons. The number of hydrogen-bond acceptors (Lipinski definition) is 7. The molecule has 1 aromatic heterocycles. The van der Waals surface area contributed by atoms with Crippen molar-refractivity contribution < 1.29 is 28.4 Å². The van der Waals surface area contributed by atoms with Crippen molar-refractivity contribution in [3.8, 4) is 0 Å². The molecule has 1 aliphatic heterocycles. The molecule has 0 radical (unpaired) electrons. The largest absolute Gasteiger partial charge is 0.452 e. The molecule has 3 aromatic rings. The van der Waals surface area contributed by atoms with Crippen LogP contribution in [0.15, 0.2) is 65.2 Å². The normalized spacial score (nSPS) is 25.9. The van der Waals surface area contributed by atoms with Gasteiger partial charge in [0, 0.05) is 6.07 Å². The number of anilines is 2. The van der Waals surface area contributed by atoms with E-state index in [9.17, 15) is 19.2 Å². The van der Waals surface area contributed by atoms with Gasteiger partial charge in [-0.3, -0.25) is 19.3 Å². The molecule has 2 bridgehead atoms. The zero-order chi connectivity index (χ0) is 25.7. The van der Waals surface area contributed by atoms with E-state index in [1.807, 2.05) is 18.2 Å². The molecule has 2 saturated carbocycles. The van der Waals surface area contributed by atoms with Crippen LogP contribution in [0.5, 0.6) is 0 Å². The van der Waals surface area contributed by atoms with E-state index in [-0.39, 0.29) is 46.9 Å². The van der Waals surface area contributed by atoms with Gasteiger partial charge in [-0.25, -0.2) is 4.79 Å². The third-order valence-electron chi connectivity index (χ3n) is 7.83. The van der Waals surface area contributed by atoms with E-state index in [4.69, 9.17) is 9.26 Å². The molecule has 3 amide bonds. The molecule has 2 aliphatic carbocycles. The van der Waals surface area contributed by atoms with Crippen LogP contribution in [0.2, 0.25) is 0 Å². The summed E-state index contributed by atoms with van der Waals surface area (Å²) >= 11 is 0. The number of carbonyl (C=O) groups is 4. The summed E-state index contributed by atoms with van der Waals surface area (Å²) in [6, 6.07) is 17.9. The number of nitrogens with zero attached hydrogens (tertiary/aromatic N) is 2. The van der Waals surface area contributed by atoms with E-state index in [1.54, 1.807) is 25.1 Å². The number of carbonyl (C=O) groups excluding carboxylic acids is 4. The number of rotatable bonds is 6. The van der Waals surface area contributed by atoms with Crippen LogP contribution in [0.3, 0.4) is 0 Å². The fourth-order valence-electron chi connectivity index (χ4n) is 6.36. The fraction of sp³-hybridized carbons (Fsp3) is 0.321. The Hall–Kier alpha value is -4.27. The number of aryl methyl sites for hydroxylation is 1. The first-order valence-corrected chi connectivity index (χ1v) is 12.3. The first kappa shape index (κ1) is 23.1. The second kappa shape index (κ2) is 8.99. The van der Waals surface area contributed by atoms with E-state index >= 15 is 0 Å². The minimum atomic E-state index is -0.697. The zero-order valence-electron chi connectivity index (χ0n) is 20.1. The lowest BCUT2D eigenvalue weighted by molar-refractivity contribution is -0.123. The number of nitrogens with one attached hydrogen (secondary N) is 1. The summed E-state index contributed by atoms with van der Waals surface area (Å²) in [5.74, 6) is -0.676. The molecule has 0 spiro atoms. The maximum absolute atomic E-state index is 13.5. The van der Waals surface area contributed by atoms with Crippen molar-refractivity contribution in [1.82, 2.24) is 5.16 Å². The molecule has 3 fully saturated rings. The molecule has 5 atom stereocenters. The molecule has 1 saturated heterocycles. The third kappa shape index (κ3) is 4.00. The topological polar surface area (TPSA) is 119 Å². The first-order valence-electron chi connectivity index (χ1n) is 12.3. The van der Waals surface area contributed by atoms with Crippen LogP contribution in [-0.4, -0.2) is 35.5 Å². The molecule has 3 aliphatic rings. The summed E-state index contributed by atoms with van der Waals surface area (Å²) < 4.78 is 9.94. The standard InChI is InChI=1S/C28H25N3O6/c1-15-11-22(30-37-15)29-23(32)14-36-28(35)17-7-9-19(10-8-17)31-26(33)24-18-12-20(16-5-3-2-4-6-16)21(13-18)25(24)27(31)34/h2-11,18,20-21,24-25H,12-14H2,1H3,(H,29,30,32)/t18-,20+,21+,24+,25+/m0/s1. The second-order valence-corrected chi connectivity index (χ2v) is 9.97. The minimum Gasteiger partial charge on any atom is -0.452 e. The number of imide groups is 1. The van der Waals surface area contributed by atoms with Gasteiger partial charge in [0.2, 0.25) is 11.8 Å². The molecule has 9 nitrogen and oxygen atoms in total. The van der Waals surface area contributed by atoms with Crippen molar-refractivity contribution in [2.24, 2.45) is 23.7 Å². The molecule has 37 heavy (non-hydrogen) atoms. The van der Waals surface area contributed by atoms with E-state index in [2.05, 4.69) is 22.6 Å². The Kier molecular flexibility index (Phi) is 5.62. The van der Waals surface area contributed by atoms with Crippen molar-refractivity contribution >= 4 is 35.2 Å². The van der Waals surface area contributed by atoms with Crippen LogP contribution in [0, 0.1) is 30.6 Å². The Morgan fingerprint density at radius 3 is 2.46 bits per heavy atom. The van der Waals surface area contributed by atoms with Crippen molar-refractivity contribution in [3.05, 3.63) is 77.6 Å². The Morgan fingerprint density at radius 2 is 1.76 bits per heavy atom. The van der Waals surface area contributed by atoms with E-state index < -0.39 is 18.5 Å². The number of aromatic nitrogens is 1. The predicted molar refractivity (Wildman–Crippen MR) is 131 cm³/mol. The lowest BCUT2D eigenvalue weighted by Crippen LogP contribution is -2.33. The molecule has 1 N–H and O–H groups in total. The van der Waals surface area contributed by atoms with Gasteiger partial charge in [0.1, 0.15) is 5.76 Å². The average molecular weight is 500 g/mol. The fourth-order valence-corrected chi connectivity index (χ4v) is 6.36. The summed E-state index contributed by atoms with van der Waals surface area (Å²) in [6.45, 7) is 1.19. The van der Waals surface area contributed by atoms with Crippen LogP contribution < -0.4 is 10.2 Å². The highest BCUT2D eigenvalue weighted by Crippen LogP contribution is 2.61. The zero-order valence-corrected chi connectivity index (χ0v) is 20.1. The van der Waals surface area contributed by atoms with Gasteiger partial charge in [0.25, 0.3) is 5.91 Å². The minimum absolute atomic E-state index is 0.149. The van der Waals surface area contributed by atoms with E-state index in [0.717, 1.165) is 12.8 Å². The second-order valence-electron chi connectivity index (χ2n) is 9.97. The van der Waals surface area contributed by atoms with Crippen molar-refractivity contribution in [3.63, 3.8) is 0 Å². The Balaban J connectivity index is 1.11. The maximum Gasteiger partial charge on any atom is 0.338 e. The predicted octanol–water partition coefficient (Wildman–Crippen LogP) is 3.71. The Morgan fingerprint density at radius 1 is 1.03 bits per heavy atom. The van der Waals surface area contributed by atoms with Crippen LogP contribution in [0.1, 0.15) is 40.4 Å². The summed E-state index contributed by atoms with van der Waals surface area (Å²) in [6.07, 6.45) is 1.84. The van der Waals surface area contributed by atoms with Crippen LogP contribution in [0.4, 0.5) is 11.5 Å². The van der Waals surface area contributed by atoms with E-state index in [0.29, 0.717) is 17.4 Å². The van der Waals surface area contributed by atoms with Gasteiger partial charge in [-0.2, -0.15) is 0 Å². The molecule has 0 unspecified atom stereocenters. The van der Waals surface area contributed by atoms with Crippen LogP contribution in [0.25, 0.3) is 0 Å². The molecular weight excluding hydrogens is 474 g/mol. The quantitative estimate of drug-likeness (QED) is 0.406.